The lowest BCUT2D eigenvalue weighted by atomic mass is 10.1. The second kappa shape index (κ2) is 11.6. The summed E-state index contributed by atoms with van der Waals surface area (Å²) in [7, 11) is -3.99. The number of carbonyl (C=O) groups excluding carboxylic acids is 2. The van der Waals surface area contributed by atoms with Crippen LogP contribution in [0.15, 0.2) is 36.4 Å². The molecule has 1 atom stereocenters. The van der Waals surface area contributed by atoms with E-state index in [2.05, 4.69) is 5.32 Å². The van der Waals surface area contributed by atoms with Crippen molar-refractivity contribution in [1.82, 2.24) is 10.2 Å². The van der Waals surface area contributed by atoms with Crippen LogP contribution in [0.2, 0.25) is 15.1 Å². The number of nitrogens with one attached hydrogen (secondary N) is 1. The lowest BCUT2D eigenvalue weighted by Gasteiger charge is -2.32. The summed E-state index contributed by atoms with van der Waals surface area (Å²) in [4.78, 5) is 27.3. The van der Waals surface area contributed by atoms with Crippen LogP contribution in [-0.4, -0.2) is 50.0 Å². The summed E-state index contributed by atoms with van der Waals surface area (Å²) in [5, 5.41) is 2.88. The molecule has 0 aliphatic carbocycles. The van der Waals surface area contributed by atoms with Gasteiger partial charge in [0.1, 0.15) is 18.4 Å². The highest BCUT2D eigenvalue weighted by Gasteiger charge is 2.31. The van der Waals surface area contributed by atoms with Crippen LogP contribution >= 0.6 is 34.8 Å². The van der Waals surface area contributed by atoms with Gasteiger partial charge in [0, 0.05) is 12.6 Å². The minimum Gasteiger partial charge on any atom is -0.352 e. The van der Waals surface area contributed by atoms with E-state index in [1.54, 1.807) is 13.8 Å². The van der Waals surface area contributed by atoms with Gasteiger partial charge in [-0.05, 0) is 50.6 Å². The van der Waals surface area contributed by atoms with Crippen molar-refractivity contribution in [3.05, 3.63) is 62.8 Å². The molecule has 34 heavy (non-hydrogen) atoms. The maximum Gasteiger partial charge on any atom is 0.244 e. The zero-order chi connectivity index (χ0) is 25.8. The van der Waals surface area contributed by atoms with Crippen LogP contribution in [0.1, 0.15) is 26.3 Å². The highest BCUT2D eigenvalue weighted by atomic mass is 35.5. The number of benzene rings is 2. The molecule has 0 radical (unpaired) electrons. The molecule has 0 bridgehead atoms. The molecule has 0 heterocycles. The van der Waals surface area contributed by atoms with Crippen LogP contribution < -0.4 is 9.62 Å². The SMILES string of the molecule is CC(C)NC(=O)[C@H](C)N(Cc1ccc(F)cc1)C(=O)CN(c1cc(Cl)c(Cl)cc1Cl)S(C)(=O)=O. The van der Waals surface area contributed by atoms with Gasteiger partial charge < -0.3 is 10.2 Å². The first kappa shape index (κ1) is 28.2. The van der Waals surface area contributed by atoms with Crippen molar-refractivity contribution in [3.8, 4) is 0 Å². The van der Waals surface area contributed by atoms with E-state index in [0.717, 1.165) is 10.6 Å². The molecule has 1 N–H and O–H groups in total. The van der Waals surface area contributed by atoms with E-state index in [1.807, 2.05) is 0 Å². The van der Waals surface area contributed by atoms with Crippen molar-refractivity contribution >= 4 is 62.3 Å². The number of carbonyl (C=O) groups is 2. The first-order valence-electron chi connectivity index (χ1n) is 10.2. The van der Waals surface area contributed by atoms with Crippen LogP contribution in [0.4, 0.5) is 10.1 Å². The van der Waals surface area contributed by atoms with Gasteiger partial charge in [0.25, 0.3) is 0 Å². The monoisotopic (exact) mass is 551 g/mol. The molecular weight excluding hydrogens is 528 g/mol. The Balaban J connectivity index is 2.45. The molecule has 0 spiro atoms. The Morgan fingerprint density at radius 3 is 2.09 bits per heavy atom. The van der Waals surface area contributed by atoms with Gasteiger partial charge >= 0.3 is 0 Å². The van der Waals surface area contributed by atoms with Crippen molar-refractivity contribution in [2.75, 3.05) is 17.1 Å². The van der Waals surface area contributed by atoms with Gasteiger partial charge in [0.2, 0.25) is 21.8 Å². The van der Waals surface area contributed by atoms with Gasteiger partial charge in [0.05, 0.1) is 27.0 Å². The lowest BCUT2D eigenvalue weighted by Crippen LogP contribution is -2.52. The first-order valence-corrected chi connectivity index (χ1v) is 13.2. The van der Waals surface area contributed by atoms with Gasteiger partial charge in [-0.15, -0.1) is 0 Å². The topological polar surface area (TPSA) is 86.8 Å². The van der Waals surface area contributed by atoms with Crippen molar-refractivity contribution < 1.29 is 22.4 Å². The molecule has 0 fully saturated rings. The van der Waals surface area contributed by atoms with Gasteiger partial charge in [-0.2, -0.15) is 0 Å². The van der Waals surface area contributed by atoms with Crippen LogP contribution in [0.5, 0.6) is 0 Å². The predicted octanol–water partition coefficient (Wildman–Crippen LogP) is 4.49. The van der Waals surface area contributed by atoms with Crippen molar-refractivity contribution in [2.24, 2.45) is 0 Å². The zero-order valence-electron chi connectivity index (χ0n) is 19.0. The predicted molar refractivity (Wildman–Crippen MR) is 133 cm³/mol. The summed E-state index contributed by atoms with van der Waals surface area (Å²) in [6.45, 7) is 4.36. The Labute approximate surface area is 213 Å². The lowest BCUT2D eigenvalue weighted by molar-refractivity contribution is -0.139. The molecule has 0 aromatic heterocycles. The third-order valence-corrected chi connectivity index (χ3v) is 6.95. The fourth-order valence-corrected chi connectivity index (χ4v) is 4.62. The zero-order valence-corrected chi connectivity index (χ0v) is 22.1. The van der Waals surface area contributed by atoms with E-state index in [0.29, 0.717) is 5.56 Å². The van der Waals surface area contributed by atoms with Crippen molar-refractivity contribution in [2.45, 2.75) is 39.4 Å². The summed E-state index contributed by atoms with van der Waals surface area (Å²) in [6, 6.07) is 6.81. The van der Waals surface area contributed by atoms with Crippen LogP contribution in [0.3, 0.4) is 0 Å². The molecule has 0 aliphatic heterocycles. The average Bonchev–Trinajstić information content (AvgIpc) is 2.72. The molecule has 0 saturated carbocycles. The molecule has 0 aliphatic rings. The molecule has 2 amide bonds. The third kappa shape index (κ3) is 7.46. The molecular formula is C22H25Cl3FN3O4S. The Bertz CT molecular complexity index is 1160. The normalized spacial score (nSPS) is 12.4. The van der Waals surface area contributed by atoms with Crippen LogP contribution in [-0.2, 0) is 26.2 Å². The van der Waals surface area contributed by atoms with E-state index >= 15 is 0 Å². The van der Waals surface area contributed by atoms with Gasteiger partial charge in [0.15, 0.2) is 0 Å². The van der Waals surface area contributed by atoms with Crippen LogP contribution in [0, 0.1) is 5.82 Å². The van der Waals surface area contributed by atoms with E-state index in [9.17, 15) is 22.4 Å². The summed E-state index contributed by atoms with van der Waals surface area (Å²) in [5.74, 6) is -1.56. The fourth-order valence-electron chi connectivity index (χ4n) is 3.07. The Morgan fingerprint density at radius 1 is 1.00 bits per heavy atom. The molecule has 0 unspecified atom stereocenters. The first-order chi connectivity index (χ1) is 15.7. The second-order valence-electron chi connectivity index (χ2n) is 7.97. The quantitative estimate of drug-likeness (QED) is 0.464. The Kier molecular flexibility index (Phi) is 9.59. The second-order valence-corrected chi connectivity index (χ2v) is 11.1. The van der Waals surface area contributed by atoms with Crippen molar-refractivity contribution in [1.29, 1.82) is 0 Å². The third-order valence-electron chi connectivity index (χ3n) is 4.80. The van der Waals surface area contributed by atoms with Gasteiger partial charge in [-0.25, -0.2) is 12.8 Å². The molecule has 2 aromatic rings. The number of nitrogens with zero attached hydrogens (tertiary/aromatic N) is 2. The molecule has 186 valence electrons. The van der Waals surface area contributed by atoms with E-state index in [1.165, 1.54) is 48.2 Å². The van der Waals surface area contributed by atoms with E-state index in [-0.39, 0.29) is 33.3 Å². The number of hydrogen-bond donors (Lipinski definition) is 1. The molecule has 12 heteroatoms. The standard InChI is InChI=1S/C22H25Cl3FN3O4S/c1-13(2)27-22(31)14(3)28(11-15-5-7-16(26)8-6-15)21(30)12-29(34(4,32)33)20-10-18(24)17(23)9-19(20)25/h5-10,13-14H,11-12H2,1-4H3,(H,27,31)/t14-/m0/s1. The van der Waals surface area contributed by atoms with Gasteiger partial charge in [-0.1, -0.05) is 46.9 Å². The Morgan fingerprint density at radius 2 is 1.56 bits per heavy atom. The minimum absolute atomic E-state index is 0.0247. The summed E-state index contributed by atoms with van der Waals surface area (Å²) in [6.07, 6.45) is 0.915. The number of rotatable bonds is 9. The number of amides is 2. The summed E-state index contributed by atoms with van der Waals surface area (Å²) >= 11 is 18.2. The smallest absolute Gasteiger partial charge is 0.244 e. The molecule has 7 nitrogen and oxygen atoms in total. The maximum absolute atomic E-state index is 13.4. The highest BCUT2D eigenvalue weighted by molar-refractivity contribution is 7.92. The van der Waals surface area contributed by atoms with E-state index in [4.69, 9.17) is 34.8 Å². The average molecular weight is 553 g/mol. The summed E-state index contributed by atoms with van der Waals surface area (Å²) in [5.41, 5.74) is 0.519. The maximum atomic E-state index is 13.4. The Hall–Kier alpha value is -2.07. The molecule has 2 rings (SSSR count). The minimum atomic E-state index is -3.99. The number of anilines is 1. The highest BCUT2D eigenvalue weighted by Crippen LogP contribution is 2.35. The summed E-state index contributed by atoms with van der Waals surface area (Å²) < 4.78 is 39.3. The van der Waals surface area contributed by atoms with Crippen LogP contribution in [0.25, 0.3) is 0 Å². The fraction of sp³-hybridized carbons (Fsp3) is 0.364. The number of sulfonamides is 1. The van der Waals surface area contributed by atoms with Gasteiger partial charge in [-0.3, -0.25) is 13.9 Å². The molecule has 0 saturated heterocycles. The van der Waals surface area contributed by atoms with Crippen molar-refractivity contribution in [3.63, 3.8) is 0 Å². The molecule has 2 aromatic carbocycles. The number of hydrogen-bond acceptors (Lipinski definition) is 4. The van der Waals surface area contributed by atoms with E-state index < -0.39 is 40.2 Å². The number of halogens is 4. The largest absolute Gasteiger partial charge is 0.352 e.